The zero-order valence-corrected chi connectivity index (χ0v) is 14.9. The summed E-state index contributed by atoms with van der Waals surface area (Å²) >= 11 is 0. The van der Waals surface area contributed by atoms with Crippen molar-refractivity contribution in [3.05, 3.63) is 90.0 Å². The van der Waals surface area contributed by atoms with E-state index >= 15 is 0 Å². The SMILES string of the molecule is Cc1ccccc1CNC(=O)C(=O)Nc1ccccc1Oc1ccccc1. The Hall–Kier alpha value is -3.60. The lowest BCUT2D eigenvalue weighted by atomic mass is 10.1. The van der Waals surface area contributed by atoms with Crippen LogP contribution < -0.4 is 15.4 Å². The number of amides is 2. The van der Waals surface area contributed by atoms with Crippen LogP contribution in [0.1, 0.15) is 11.1 Å². The summed E-state index contributed by atoms with van der Waals surface area (Å²) in [5.41, 5.74) is 2.45. The van der Waals surface area contributed by atoms with Crippen LogP contribution in [-0.2, 0) is 16.1 Å². The molecule has 0 aliphatic carbocycles. The molecule has 3 rings (SSSR count). The van der Waals surface area contributed by atoms with Crippen molar-refractivity contribution in [3.8, 4) is 11.5 Å². The minimum atomic E-state index is -0.743. The molecule has 0 saturated carbocycles. The van der Waals surface area contributed by atoms with E-state index in [1.54, 1.807) is 24.3 Å². The van der Waals surface area contributed by atoms with E-state index < -0.39 is 11.8 Å². The predicted octanol–water partition coefficient (Wildman–Crippen LogP) is 4.04. The first-order valence-electron chi connectivity index (χ1n) is 8.59. The van der Waals surface area contributed by atoms with Gasteiger partial charge in [0.15, 0.2) is 5.75 Å². The van der Waals surface area contributed by atoms with Gasteiger partial charge in [0.1, 0.15) is 5.75 Å². The molecular weight excluding hydrogens is 340 g/mol. The highest BCUT2D eigenvalue weighted by molar-refractivity contribution is 6.39. The lowest BCUT2D eigenvalue weighted by Crippen LogP contribution is -2.35. The lowest BCUT2D eigenvalue weighted by Gasteiger charge is -2.12. The molecule has 0 atom stereocenters. The molecule has 0 unspecified atom stereocenters. The summed E-state index contributed by atoms with van der Waals surface area (Å²) < 4.78 is 5.79. The van der Waals surface area contributed by atoms with Crippen LogP contribution >= 0.6 is 0 Å². The summed E-state index contributed by atoms with van der Waals surface area (Å²) in [5, 5.41) is 5.24. The lowest BCUT2D eigenvalue weighted by molar-refractivity contribution is -0.136. The number of ether oxygens (including phenoxy) is 1. The van der Waals surface area contributed by atoms with Gasteiger partial charge in [-0.3, -0.25) is 9.59 Å². The molecule has 3 aromatic rings. The molecule has 3 aromatic carbocycles. The number of rotatable bonds is 5. The molecule has 0 bridgehead atoms. The number of hydrogen-bond donors (Lipinski definition) is 2. The molecule has 136 valence electrons. The van der Waals surface area contributed by atoms with Gasteiger partial charge in [0, 0.05) is 6.54 Å². The minimum Gasteiger partial charge on any atom is -0.455 e. The Bertz CT molecular complexity index is 939. The van der Waals surface area contributed by atoms with Crippen molar-refractivity contribution in [1.29, 1.82) is 0 Å². The number of aryl methyl sites for hydroxylation is 1. The van der Waals surface area contributed by atoms with Gasteiger partial charge in [-0.25, -0.2) is 0 Å². The Kier molecular flexibility index (Phi) is 5.84. The summed E-state index contributed by atoms with van der Waals surface area (Å²) in [5.74, 6) is -0.340. The third-order valence-corrected chi connectivity index (χ3v) is 4.01. The molecule has 2 N–H and O–H groups in total. The van der Waals surface area contributed by atoms with Crippen molar-refractivity contribution in [2.45, 2.75) is 13.5 Å². The Morgan fingerprint density at radius 3 is 2.26 bits per heavy atom. The van der Waals surface area contributed by atoms with E-state index in [1.807, 2.05) is 61.5 Å². The summed E-state index contributed by atoms with van der Waals surface area (Å²) in [6.07, 6.45) is 0. The highest BCUT2D eigenvalue weighted by atomic mass is 16.5. The summed E-state index contributed by atoms with van der Waals surface area (Å²) in [4.78, 5) is 24.4. The van der Waals surface area contributed by atoms with E-state index in [0.29, 0.717) is 23.7 Å². The maximum atomic E-state index is 12.2. The topological polar surface area (TPSA) is 67.4 Å². The second-order valence-corrected chi connectivity index (χ2v) is 5.97. The smallest absolute Gasteiger partial charge is 0.313 e. The number of para-hydroxylation sites is 3. The predicted molar refractivity (Wildman–Crippen MR) is 105 cm³/mol. The normalized spacial score (nSPS) is 10.1. The molecule has 0 spiro atoms. The van der Waals surface area contributed by atoms with Gasteiger partial charge < -0.3 is 15.4 Å². The van der Waals surface area contributed by atoms with Crippen molar-refractivity contribution in [2.75, 3.05) is 5.32 Å². The highest BCUT2D eigenvalue weighted by Crippen LogP contribution is 2.28. The molecule has 5 nitrogen and oxygen atoms in total. The third-order valence-electron chi connectivity index (χ3n) is 4.01. The largest absolute Gasteiger partial charge is 0.455 e. The van der Waals surface area contributed by atoms with Gasteiger partial charge in [-0.2, -0.15) is 0 Å². The average molecular weight is 360 g/mol. The van der Waals surface area contributed by atoms with Gasteiger partial charge in [0.2, 0.25) is 0 Å². The summed E-state index contributed by atoms with van der Waals surface area (Å²) in [7, 11) is 0. The molecule has 0 aliphatic heterocycles. The first-order valence-corrected chi connectivity index (χ1v) is 8.59. The number of nitrogens with one attached hydrogen (secondary N) is 2. The third kappa shape index (κ3) is 4.95. The van der Waals surface area contributed by atoms with Gasteiger partial charge in [-0.15, -0.1) is 0 Å². The number of benzene rings is 3. The molecule has 2 amide bonds. The fourth-order valence-electron chi connectivity index (χ4n) is 2.52. The molecule has 0 fully saturated rings. The molecule has 0 heterocycles. The van der Waals surface area contributed by atoms with Crippen LogP contribution in [0.3, 0.4) is 0 Å². The van der Waals surface area contributed by atoms with Gasteiger partial charge in [0.25, 0.3) is 0 Å². The van der Waals surface area contributed by atoms with Crippen LogP contribution in [-0.4, -0.2) is 11.8 Å². The van der Waals surface area contributed by atoms with E-state index in [9.17, 15) is 9.59 Å². The molecule has 27 heavy (non-hydrogen) atoms. The van der Waals surface area contributed by atoms with Gasteiger partial charge in [0.05, 0.1) is 5.69 Å². The Balaban J connectivity index is 1.63. The number of carbonyl (C=O) groups is 2. The Morgan fingerprint density at radius 2 is 1.48 bits per heavy atom. The maximum absolute atomic E-state index is 12.2. The van der Waals surface area contributed by atoms with E-state index in [1.165, 1.54) is 0 Å². The first-order chi connectivity index (χ1) is 13.1. The van der Waals surface area contributed by atoms with Crippen LogP contribution in [0.4, 0.5) is 5.69 Å². The maximum Gasteiger partial charge on any atom is 0.313 e. The van der Waals surface area contributed by atoms with E-state index in [2.05, 4.69) is 10.6 Å². The minimum absolute atomic E-state index is 0.293. The van der Waals surface area contributed by atoms with Gasteiger partial charge in [-0.05, 0) is 42.3 Å². The van der Waals surface area contributed by atoms with Crippen LogP contribution in [0.15, 0.2) is 78.9 Å². The quantitative estimate of drug-likeness (QED) is 0.675. The van der Waals surface area contributed by atoms with Gasteiger partial charge >= 0.3 is 11.8 Å². The molecular formula is C22H20N2O3. The van der Waals surface area contributed by atoms with Crippen LogP contribution in [0.5, 0.6) is 11.5 Å². The standard InChI is InChI=1S/C22H20N2O3/c1-16-9-5-6-10-17(16)15-23-21(25)22(26)24-19-13-7-8-14-20(19)27-18-11-3-2-4-12-18/h2-14H,15H2,1H3,(H,23,25)(H,24,26). The van der Waals surface area contributed by atoms with Crippen LogP contribution in [0.25, 0.3) is 0 Å². The molecule has 0 aliphatic rings. The van der Waals surface area contributed by atoms with E-state index in [-0.39, 0.29) is 0 Å². The molecule has 0 saturated heterocycles. The average Bonchev–Trinajstić information content (AvgIpc) is 2.69. The second-order valence-electron chi connectivity index (χ2n) is 5.97. The van der Waals surface area contributed by atoms with Crippen molar-refractivity contribution < 1.29 is 14.3 Å². The number of hydrogen-bond acceptors (Lipinski definition) is 3. The molecule has 0 radical (unpaired) electrons. The van der Waals surface area contributed by atoms with Crippen molar-refractivity contribution >= 4 is 17.5 Å². The summed E-state index contributed by atoms with van der Waals surface area (Å²) in [6.45, 7) is 2.25. The fraction of sp³-hybridized carbons (Fsp3) is 0.0909. The summed E-state index contributed by atoms with van der Waals surface area (Å²) in [6, 6.07) is 23.9. The highest BCUT2D eigenvalue weighted by Gasteiger charge is 2.16. The monoisotopic (exact) mass is 360 g/mol. The molecule has 5 heteroatoms. The van der Waals surface area contributed by atoms with E-state index in [4.69, 9.17) is 4.74 Å². The van der Waals surface area contributed by atoms with Crippen molar-refractivity contribution in [3.63, 3.8) is 0 Å². The van der Waals surface area contributed by atoms with Crippen molar-refractivity contribution in [1.82, 2.24) is 5.32 Å². The van der Waals surface area contributed by atoms with E-state index in [0.717, 1.165) is 11.1 Å². The zero-order valence-electron chi connectivity index (χ0n) is 14.9. The number of anilines is 1. The fourth-order valence-corrected chi connectivity index (χ4v) is 2.52. The number of carbonyl (C=O) groups excluding carboxylic acids is 2. The first kappa shape index (κ1) is 18.2. The van der Waals surface area contributed by atoms with Gasteiger partial charge in [-0.1, -0.05) is 54.6 Å². The second kappa shape index (κ2) is 8.67. The molecule has 0 aromatic heterocycles. The Labute approximate surface area is 158 Å². The van der Waals surface area contributed by atoms with Crippen LogP contribution in [0.2, 0.25) is 0 Å². The van der Waals surface area contributed by atoms with Crippen molar-refractivity contribution in [2.24, 2.45) is 0 Å². The van der Waals surface area contributed by atoms with Crippen LogP contribution in [0, 0.1) is 6.92 Å². The zero-order chi connectivity index (χ0) is 19.1. The Morgan fingerprint density at radius 1 is 0.815 bits per heavy atom.